The summed E-state index contributed by atoms with van der Waals surface area (Å²) in [5.74, 6) is -1.72. The highest BCUT2D eigenvalue weighted by molar-refractivity contribution is 5.99. The number of aryl methyl sites for hydroxylation is 1. The second kappa shape index (κ2) is 7.86. The molecule has 27 heavy (non-hydrogen) atoms. The Morgan fingerprint density at radius 3 is 1.81 bits per heavy atom. The molecule has 2 aromatic carbocycles. The third-order valence-electron chi connectivity index (χ3n) is 3.06. The van der Waals surface area contributed by atoms with Crippen LogP contribution in [0.4, 0.5) is 22.0 Å². The van der Waals surface area contributed by atoms with Crippen LogP contribution in [-0.4, -0.2) is 11.9 Å². The first-order valence-corrected chi connectivity index (χ1v) is 7.15. The van der Waals surface area contributed by atoms with Crippen LogP contribution in [-0.2, 0) is 15.8 Å². The molecule has 2 rings (SSSR count). The number of halogens is 5. The lowest BCUT2D eigenvalue weighted by Crippen LogP contribution is -2.11. The van der Waals surface area contributed by atoms with Gasteiger partial charge in [0.2, 0.25) is 0 Å². The van der Waals surface area contributed by atoms with Crippen LogP contribution in [0.3, 0.4) is 0 Å². The number of alkyl halides is 3. The molecule has 0 aliphatic rings. The summed E-state index contributed by atoms with van der Waals surface area (Å²) in [5, 5.41) is 0. The highest BCUT2D eigenvalue weighted by Gasteiger charge is 2.34. The Kier molecular flexibility index (Phi) is 5.80. The second-order valence-corrected chi connectivity index (χ2v) is 5.08. The molecule has 0 unspecified atom stereocenters. The van der Waals surface area contributed by atoms with Gasteiger partial charge in [-0.3, -0.25) is 0 Å². The van der Waals surface area contributed by atoms with E-state index in [4.69, 9.17) is 4.74 Å². The van der Waals surface area contributed by atoms with Crippen molar-refractivity contribution >= 4 is 11.9 Å². The Bertz CT molecular complexity index is 954. The van der Waals surface area contributed by atoms with Crippen LogP contribution < -0.4 is 9.47 Å². The van der Waals surface area contributed by atoms with Crippen LogP contribution in [0.5, 0.6) is 11.5 Å². The molecule has 0 radical (unpaired) electrons. The van der Waals surface area contributed by atoms with Gasteiger partial charge in [0.15, 0.2) is 0 Å². The summed E-state index contributed by atoms with van der Waals surface area (Å²) >= 11 is 0. The largest absolute Gasteiger partial charge is 0.419 e. The first kappa shape index (κ1) is 19.9. The Labute approximate surface area is 149 Å². The normalized spacial score (nSPS) is 10.6. The molecule has 140 valence electrons. The van der Waals surface area contributed by atoms with E-state index in [9.17, 15) is 31.5 Å². The Morgan fingerprint density at radius 1 is 0.852 bits per heavy atom. The van der Waals surface area contributed by atoms with Crippen LogP contribution in [0, 0.1) is 30.4 Å². The van der Waals surface area contributed by atoms with E-state index in [1.54, 1.807) is 11.8 Å². The van der Waals surface area contributed by atoms with Crippen molar-refractivity contribution in [3.63, 3.8) is 0 Å². The van der Waals surface area contributed by atoms with E-state index in [2.05, 4.69) is 4.74 Å². The Balaban J connectivity index is 2.04. The minimum absolute atomic E-state index is 0.0186. The monoisotopic (exact) mass is 384 g/mol. The van der Waals surface area contributed by atoms with Crippen molar-refractivity contribution in [2.75, 3.05) is 0 Å². The molecule has 0 atom stereocenters. The van der Waals surface area contributed by atoms with Gasteiger partial charge < -0.3 is 9.47 Å². The molecule has 0 fully saturated rings. The van der Waals surface area contributed by atoms with E-state index < -0.39 is 41.1 Å². The molecule has 0 aliphatic carbocycles. The summed E-state index contributed by atoms with van der Waals surface area (Å²) in [5.41, 5.74) is -1.41. The maximum absolute atomic E-state index is 13.1. The lowest BCUT2D eigenvalue weighted by molar-refractivity contribution is -0.140. The molecule has 4 nitrogen and oxygen atoms in total. The van der Waals surface area contributed by atoms with Crippen molar-refractivity contribution in [3.8, 4) is 23.3 Å². The van der Waals surface area contributed by atoms with Gasteiger partial charge >= 0.3 is 18.1 Å². The number of esters is 2. The SMILES string of the molecule is Cc1cc(OC(=O)C#CC(=O)Oc2ccc(F)c(C(F)(F)F)c2)ccc1F. The summed E-state index contributed by atoms with van der Waals surface area (Å²) in [6, 6.07) is 5.01. The van der Waals surface area contributed by atoms with Gasteiger partial charge in [0.05, 0.1) is 5.56 Å². The molecule has 0 saturated heterocycles. The molecule has 0 saturated carbocycles. The van der Waals surface area contributed by atoms with Crippen LogP contribution in [0.1, 0.15) is 11.1 Å². The summed E-state index contributed by atoms with van der Waals surface area (Å²) < 4.78 is 73.3. The molecule has 2 aromatic rings. The molecular weight excluding hydrogens is 375 g/mol. The van der Waals surface area contributed by atoms with Gasteiger partial charge in [0.1, 0.15) is 23.1 Å². The number of rotatable bonds is 2. The van der Waals surface area contributed by atoms with E-state index in [1.165, 1.54) is 13.0 Å². The number of carbonyl (C=O) groups excluding carboxylic acids is 2. The molecule has 0 aromatic heterocycles. The zero-order valence-electron chi connectivity index (χ0n) is 13.5. The van der Waals surface area contributed by atoms with Crippen LogP contribution in [0.25, 0.3) is 0 Å². The standard InChI is InChI=1S/C18H9F5O4/c1-10-8-11(2-4-14(10)19)26-16(24)6-7-17(25)27-12-3-5-15(20)13(9-12)18(21,22)23/h2-5,8-9H,1H3. The second-order valence-electron chi connectivity index (χ2n) is 5.08. The lowest BCUT2D eigenvalue weighted by Gasteiger charge is -2.09. The maximum atomic E-state index is 13.1. The average molecular weight is 384 g/mol. The van der Waals surface area contributed by atoms with Crippen molar-refractivity contribution in [1.82, 2.24) is 0 Å². The van der Waals surface area contributed by atoms with Gasteiger partial charge in [-0.2, -0.15) is 13.2 Å². The zero-order chi connectivity index (χ0) is 20.2. The third kappa shape index (κ3) is 5.54. The Morgan fingerprint density at radius 2 is 1.33 bits per heavy atom. The highest BCUT2D eigenvalue weighted by Crippen LogP contribution is 2.33. The number of benzene rings is 2. The topological polar surface area (TPSA) is 52.6 Å². The quantitative estimate of drug-likeness (QED) is 0.260. The molecule has 9 heteroatoms. The summed E-state index contributed by atoms with van der Waals surface area (Å²) in [6.45, 7) is 1.44. The maximum Gasteiger partial charge on any atom is 0.419 e. The summed E-state index contributed by atoms with van der Waals surface area (Å²) in [4.78, 5) is 23.0. The fourth-order valence-electron chi connectivity index (χ4n) is 1.83. The van der Waals surface area contributed by atoms with Gasteiger partial charge in [-0.15, -0.1) is 0 Å². The molecule has 0 amide bonds. The van der Waals surface area contributed by atoms with Gasteiger partial charge in [0, 0.05) is 11.8 Å². The van der Waals surface area contributed by atoms with E-state index >= 15 is 0 Å². The highest BCUT2D eigenvalue weighted by atomic mass is 19.4. The number of hydrogen-bond donors (Lipinski definition) is 0. The fraction of sp³-hybridized carbons (Fsp3) is 0.111. The van der Waals surface area contributed by atoms with Gasteiger partial charge in [-0.05, 0) is 48.9 Å². The smallest absolute Gasteiger partial charge is 0.417 e. The third-order valence-corrected chi connectivity index (χ3v) is 3.06. The van der Waals surface area contributed by atoms with E-state index in [1.807, 2.05) is 0 Å². The van der Waals surface area contributed by atoms with Gasteiger partial charge in [-0.1, -0.05) is 0 Å². The van der Waals surface area contributed by atoms with Crippen molar-refractivity contribution in [1.29, 1.82) is 0 Å². The van der Waals surface area contributed by atoms with Gasteiger partial charge in [-0.25, -0.2) is 18.4 Å². The average Bonchev–Trinajstić information content (AvgIpc) is 2.57. The van der Waals surface area contributed by atoms with Gasteiger partial charge in [0.25, 0.3) is 0 Å². The van der Waals surface area contributed by atoms with E-state index in [0.717, 1.165) is 18.2 Å². The lowest BCUT2D eigenvalue weighted by atomic mass is 10.2. The molecular formula is C18H9F5O4. The summed E-state index contributed by atoms with van der Waals surface area (Å²) in [7, 11) is 0. The molecule has 0 heterocycles. The first-order valence-electron chi connectivity index (χ1n) is 7.15. The van der Waals surface area contributed by atoms with Crippen molar-refractivity contribution < 1.29 is 41.0 Å². The van der Waals surface area contributed by atoms with E-state index in [-0.39, 0.29) is 17.4 Å². The van der Waals surface area contributed by atoms with Crippen molar-refractivity contribution in [2.24, 2.45) is 0 Å². The van der Waals surface area contributed by atoms with Crippen LogP contribution in [0.15, 0.2) is 36.4 Å². The minimum Gasteiger partial charge on any atom is -0.417 e. The van der Waals surface area contributed by atoms with Crippen LogP contribution >= 0.6 is 0 Å². The van der Waals surface area contributed by atoms with Crippen molar-refractivity contribution in [2.45, 2.75) is 13.1 Å². The minimum atomic E-state index is -4.98. The van der Waals surface area contributed by atoms with E-state index in [0.29, 0.717) is 6.07 Å². The molecule has 0 aliphatic heterocycles. The zero-order valence-corrected chi connectivity index (χ0v) is 13.5. The number of hydrogen-bond acceptors (Lipinski definition) is 4. The molecule has 0 N–H and O–H groups in total. The predicted molar refractivity (Wildman–Crippen MR) is 81.6 cm³/mol. The summed E-state index contributed by atoms with van der Waals surface area (Å²) in [6.07, 6.45) is -4.98. The molecule has 0 spiro atoms. The van der Waals surface area contributed by atoms with Crippen molar-refractivity contribution in [3.05, 3.63) is 59.2 Å². The van der Waals surface area contributed by atoms with Crippen LogP contribution in [0.2, 0.25) is 0 Å². The molecule has 0 bridgehead atoms. The predicted octanol–water partition coefficient (Wildman–Crippen LogP) is 3.81. The first-order chi connectivity index (χ1) is 12.6. The Hall–Kier alpha value is -3.41. The number of carbonyl (C=O) groups is 2. The fourth-order valence-corrected chi connectivity index (χ4v) is 1.83. The number of ether oxygens (including phenoxy) is 2.